The third-order valence-electron chi connectivity index (χ3n) is 3.00. The standard InChI is InChI=1S/C11H13ClF2N2/c12-8-5-7(1-2-9(8)13)10(15)11(14)3-4-16-6-11/h1-2,5,10,16H,3-4,6,15H2/t10-,11-/m0/s1. The Morgan fingerprint density at radius 1 is 1.50 bits per heavy atom. The number of benzene rings is 1. The fourth-order valence-corrected chi connectivity index (χ4v) is 2.14. The Kier molecular flexibility index (Phi) is 3.15. The number of hydrogen-bond acceptors (Lipinski definition) is 2. The van der Waals surface area contributed by atoms with Crippen molar-refractivity contribution in [3.63, 3.8) is 0 Å². The van der Waals surface area contributed by atoms with Gasteiger partial charge in [-0.25, -0.2) is 8.78 Å². The Morgan fingerprint density at radius 2 is 2.25 bits per heavy atom. The summed E-state index contributed by atoms with van der Waals surface area (Å²) < 4.78 is 27.3. The first kappa shape index (κ1) is 11.8. The number of hydrogen-bond donors (Lipinski definition) is 2. The van der Waals surface area contributed by atoms with E-state index in [0.29, 0.717) is 18.5 Å². The molecule has 0 amide bonds. The van der Waals surface area contributed by atoms with Gasteiger partial charge in [0, 0.05) is 6.54 Å². The Morgan fingerprint density at radius 3 is 2.81 bits per heavy atom. The molecule has 1 aliphatic rings. The zero-order valence-electron chi connectivity index (χ0n) is 8.64. The predicted octanol–water partition coefficient (Wildman–Crippen LogP) is 2.18. The van der Waals surface area contributed by atoms with Crippen LogP contribution in [0.3, 0.4) is 0 Å². The summed E-state index contributed by atoms with van der Waals surface area (Å²) in [5.41, 5.74) is 4.91. The molecule has 16 heavy (non-hydrogen) atoms. The Labute approximate surface area is 97.8 Å². The van der Waals surface area contributed by atoms with E-state index in [0.717, 1.165) is 0 Å². The van der Waals surface area contributed by atoms with E-state index in [-0.39, 0.29) is 11.6 Å². The van der Waals surface area contributed by atoms with Crippen molar-refractivity contribution in [2.45, 2.75) is 18.1 Å². The lowest BCUT2D eigenvalue weighted by Crippen LogP contribution is -2.39. The predicted molar refractivity (Wildman–Crippen MR) is 59.7 cm³/mol. The average molecular weight is 247 g/mol. The van der Waals surface area contributed by atoms with Crippen LogP contribution in [0.4, 0.5) is 8.78 Å². The summed E-state index contributed by atoms with van der Waals surface area (Å²) in [6.07, 6.45) is 0.364. The maximum Gasteiger partial charge on any atom is 0.143 e. The number of halogens is 3. The van der Waals surface area contributed by atoms with E-state index in [2.05, 4.69) is 5.32 Å². The molecular formula is C11H13ClF2N2. The number of nitrogens with one attached hydrogen (secondary N) is 1. The summed E-state index contributed by atoms with van der Waals surface area (Å²) >= 11 is 5.64. The number of nitrogens with two attached hydrogens (primary N) is 1. The smallest absolute Gasteiger partial charge is 0.143 e. The van der Waals surface area contributed by atoms with Gasteiger partial charge in [0.1, 0.15) is 11.5 Å². The highest BCUT2D eigenvalue weighted by Gasteiger charge is 2.40. The number of alkyl halides is 1. The van der Waals surface area contributed by atoms with Crippen LogP contribution in [-0.2, 0) is 0 Å². The lowest BCUT2D eigenvalue weighted by atomic mass is 9.90. The maximum absolute atomic E-state index is 14.3. The molecule has 0 bridgehead atoms. The second kappa shape index (κ2) is 4.28. The summed E-state index contributed by atoms with van der Waals surface area (Å²) in [4.78, 5) is 0. The van der Waals surface area contributed by atoms with Crippen molar-refractivity contribution in [2.24, 2.45) is 5.73 Å². The van der Waals surface area contributed by atoms with Crippen molar-refractivity contribution in [3.8, 4) is 0 Å². The van der Waals surface area contributed by atoms with Crippen molar-refractivity contribution in [1.82, 2.24) is 5.32 Å². The topological polar surface area (TPSA) is 38.0 Å². The van der Waals surface area contributed by atoms with Crippen molar-refractivity contribution in [3.05, 3.63) is 34.6 Å². The first-order valence-electron chi connectivity index (χ1n) is 5.13. The van der Waals surface area contributed by atoms with Gasteiger partial charge in [0.05, 0.1) is 11.1 Å². The Balaban J connectivity index is 2.26. The van der Waals surface area contributed by atoms with Crippen LogP contribution in [0.5, 0.6) is 0 Å². The zero-order chi connectivity index (χ0) is 11.8. The highest BCUT2D eigenvalue weighted by Crippen LogP contribution is 2.34. The van der Waals surface area contributed by atoms with Gasteiger partial charge in [0.2, 0.25) is 0 Å². The molecule has 0 saturated carbocycles. The van der Waals surface area contributed by atoms with E-state index in [9.17, 15) is 8.78 Å². The summed E-state index contributed by atoms with van der Waals surface area (Å²) in [5.74, 6) is -0.518. The van der Waals surface area contributed by atoms with Crippen LogP contribution in [0, 0.1) is 5.82 Å². The van der Waals surface area contributed by atoms with Gasteiger partial charge in [-0.2, -0.15) is 0 Å². The fourth-order valence-electron chi connectivity index (χ4n) is 1.95. The average Bonchev–Trinajstić information content (AvgIpc) is 2.70. The molecule has 1 saturated heterocycles. The number of rotatable bonds is 2. The van der Waals surface area contributed by atoms with E-state index in [1.54, 1.807) is 0 Å². The minimum Gasteiger partial charge on any atom is -0.321 e. The van der Waals surface area contributed by atoms with Gasteiger partial charge in [-0.1, -0.05) is 17.7 Å². The second-order valence-corrected chi connectivity index (χ2v) is 4.52. The van der Waals surface area contributed by atoms with Crippen molar-refractivity contribution >= 4 is 11.6 Å². The van der Waals surface area contributed by atoms with Crippen LogP contribution in [0.2, 0.25) is 5.02 Å². The maximum atomic E-state index is 14.3. The van der Waals surface area contributed by atoms with Gasteiger partial charge < -0.3 is 11.1 Å². The van der Waals surface area contributed by atoms with Gasteiger partial charge >= 0.3 is 0 Å². The molecule has 0 spiro atoms. The molecule has 1 aromatic rings. The molecule has 5 heteroatoms. The first-order valence-corrected chi connectivity index (χ1v) is 5.51. The summed E-state index contributed by atoms with van der Waals surface area (Å²) in [6.45, 7) is 0.836. The van der Waals surface area contributed by atoms with E-state index in [1.165, 1.54) is 18.2 Å². The molecular weight excluding hydrogens is 234 g/mol. The molecule has 88 valence electrons. The van der Waals surface area contributed by atoms with Gasteiger partial charge in [0.15, 0.2) is 0 Å². The molecule has 0 aromatic heterocycles. The van der Waals surface area contributed by atoms with Gasteiger partial charge in [-0.05, 0) is 30.7 Å². The monoisotopic (exact) mass is 246 g/mol. The van der Waals surface area contributed by atoms with Crippen molar-refractivity contribution < 1.29 is 8.78 Å². The normalized spacial score (nSPS) is 27.0. The molecule has 2 rings (SSSR count). The Bertz CT molecular complexity index is 392. The van der Waals surface area contributed by atoms with E-state index in [4.69, 9.17) is 17.3 Å². The summed E-state index contributed by atoms with van der Waals surface area (Å²) in [5, 5.41) is 2.90. The minimum atomic E-state index is -1.47. The van der Waals surface area contributed by atoms with Gasteiger partial charge in [0.25, 0.3) is 0 Å². The molecule has 0 radical (unpaired) electrons. The van der Waals surface area contributed by atoms with Crippen LogP contribution in [-0.4, -0.2) is 18.8 Å². The molecule has 0 aliphatic carbocycles. The molecule has 1 heterocycles. The largest absolute Gasteiger partial charge is 0.321 e. The second-order valence-electron chi connectivity index (χ2n) is 4.11. The van der Waals surface area contributed by atoms with Crippen LogP contribution >= 0.6 is 11.6 Å². The van der Waals surface area contributed by atoms with Crippen molar-refractivity contribution in [2.75, 3.05) is 13.1 Å². The summed E-state index contributed by atoms with van der Waals surface area (Å²) in [6, 6.07) is 3.30. The van der Waals surface area contributed by atoms with Gasteiger partial charge in [-0.3, -0.25) is 0 Å². The molecule has 2 atom stereocenters. The van der Waals surface area contributed by atoms with Gasteiger partial charge in [-0.15, -0.1) is 0 Å². The lowest BCUT2D eigenvalue weighted by Gasteiger charge is -2.26. The molecule has 2 nitrogen and oxygen atoms in total. The zero-order valence-corrected chi connectivity index (χ0v) is 9.40. The molecule has 1 fully saturated rings. The van der Waals surface area contributed by atoms with E-state index in [1.807, 2.05) is 0 Å². The summed E-state index contributed by atoms with van der Waals surface area (Å²) in [7, 11) is 0. The van der Waals surface area contributed by atoms with Crippen LogP contribution in [0.1, 0.15) is 18.0 Å². The quantitative estimate of drug-likeness (QED) is 0.840. The Hall–Kier alpha value is -0.710. The fraction of sp³-hybridized carbons (Fsp3) is 0.455. The molecule has 0 unspecified atom stereocenters. The van der Waals surface area contributed by atoms with Crippen LogP contribution < -0.4 is 11.1 Å². The highest BCUT2D eigenvalue weighted by atomic mass is 35.5. The van der Waals surface area contributed by atoms with E-state index >= 15 is 0 Å². The van der Waals surface area contributed by atoms with Crippen molar-refractivity contribution in [1.29, 1.82) is 0 Å². The first-order chi connectivity index (χ1) is 7.53. The van der Waals surface area contributed by atoms with E-state index < -0.39 is 17.5 Å². The lowest BCUT2D eigenvalue weighted by molar-refractivity contribution is 0.150. The molecule has 1 aromatic carbocycles. The molecule has 3 N–H and O–H groups in total. The third-order valence-corrected chi connectivity index (χ3v) is 3.29. The van der Waals surface area contributed by atoms with Crippen LogP contribution in [0.15, 0.2) is 18.2 Å². The minimum absolute atomic E-state index is 0.0255. The van der Waals surface area contributed by atoms with Crippen LogP contribution in [0.25, 0.3) is 0 Å². The molecule has 1 aliphatic heterocycles. The SMILES string of the molecule is N[C@@H](c1ccc(F)c(Cl)c1)[C@]1(F)CCNC1. The highest BCUT2D eigenvalue weighted by molar-refractivity contribution is 6.30. The third kappa shape index (κ3) is 2.05.